The summed E-state index contributed by atoms with van der Waals surface area (Å²) in [7, 11) is 0. The molecule has 1 aromatic carbocycles. The lowest BCUT2D eigenvalue weighted by atomic mass is 10.1. The Kier molecular flexibility index (Phi) is 2.85. The number of rotatable bonds is 2. The first kappa shape index (κ1) is 10.8. The molecule has 2 nitrogen and oxygen atoms in total. The molecule has 1 fully saturated rings. The summed E-state index contributed by atoms with van der Waals surface area (Å²) >= 11 is 1.76. The maximum atomic E-state index is 6.08. The van der Waals surface area contributed by atoms with Crippen LogP contribution in [0.15, 0.2) is 34.6 Å². The van der Waals surface area contributed by atoms with Gasteiger partial charge in [0.2, 0.25) is 0 Å². The summed E-state index contributed by atoms with van der Waals surface area (Å²) in [6.45, 7) is 0. The largest absolute Gasteiger partial charge is 0.387 e. The Morgan fingerprint density at radius 2 is 2.06 bits per heavy atom. The average molecular weight is 244 g/mol. The van der Waals surface area contributed by atoms with E-state index in [1.54, 1.807) is 11.3 Å². The van der Waals surface area contributed by atoms with Crippen LogP contribution >= 0.6 is 11.3 Å². The topological polar surface area (TPSA) is 38.4 Å². The zero-order chi connectivity index (χ0) is 11.7. The van der Waals surface area contributed by atoms with Crippen LogP contribution in [0.3, 0.4) is 0 Å². The zero-order valence-corrected chi connectivity index (χ0v) is 10.5. The molecule has 3 rings (SSSR count). The van der Waals surface area contributed by atoms with Crippen molar-refractivity contribution in [3.63, 3.8) is 0 Å². The van der Waals surface area contributed by atoms with Gasteiger partial charge in [-0.1, -0.05) is 12.8 Å². The van der Waals surface area contributed by atoms with E-state index in [-0.39, 0.29) is 0 Å². The van der Waals surface area contributed by atoms with Gasteiger partial charge in [-0.3, -0.25) is 0 Å². The highest BCUT2D eigenvalue weighted by Crippen LogP contribution is 2.28. The Balaban J connectivity index is 1.89. The third-order valence-corrected chi connectivity index (χ3v) is 4.37. The van der Waals surface area contributed by atoms with E-state index in [2.05, 4.69) is 34.6 Å². The first-order valence-electron chi connectivity index (χ1n) is 6.14. The molecule has 2 N–H and O–H groups in total. The molecular weight excluding hydrogens is 228 g/mol. The molecule has 0 radical (unpaired) electrons. The number of benzene rings is 1. The first-order valence-corrected chi connectivity index (χ1v) is 7.02. The van der Waals surface area contributed by atoms with Gasteiger partial charge in [0, 0.05) is 10.6 Å². The lowest BCUT2D eigenvalue weighted by Gasteiger charge is -2.07. The van der Waals surface area contributed by atoms with Crippen LogP contribution in [0.25, 0.3) is 10.1 Å². The van der Waals surface area contributed by atoms with Crippen LogP contribution in [-0.2, 0) is 0 Å². The molecule has 1 heterocycles. The number of thiophene rings is 1. The summed E-state index contributed by atoms with van der Waals surface area (Å²) in [6, 6.07) is 8.43. The van der Waals surface area contributed by atoms with Crippen molar-refractivity contribution >= 4 is 32.9 Å². The van der Waals surface area contributed by atoms with Crippen molar-refractivity contribution in [2.75, 3.05) is 0 Å². The molecule has 1 saturated carbocycles. The first-order chi connectivity index (χ1) is 8.33. The van der Waals surface area contributed by atoms with Gasteiger partial charge in [-0.2, -0.15) is 0 Å². The minimum Gasteiger partial charge on any atom is -0.387 e. The Labute approximate surface area is 105 Å². The van der Waals surface area contributed by atoms with Crippen LogP contribution in [0.4, 0.5) is 5.69 Å². The van der Waals surface area contributed by atoms with Crippen LogP contribution in [0.2, 0.25) is 0 Å². The van der Waals surface area contributed by atoms with Gasteiger partial charge in [-0.15, -0.1) is 11.3 Å². The third kappa shape index (κ3) is 2.20. The molecule has 3 heteroatoms. The summed E-state index contributed by atoms with van der Waals surface area (Å²) in [5, 5.41) is 3.37. The lowest BCUT2D eigenvalue weighted by Crippen LogP contribution is -2.20. The summed E-state index contributed by atoms with van der Waals surface area (Å²) in [6.07, 6.45) is 5.00. The lowest BCUT2D eigenvalue weighted by molar-refractivity contribution is 0.722. The van der Waals surface area contributed by atoms with Gasteiger partial charge >= 0.3 is 0 Å². The highest BCUT2D eigenvalue weighted by Gasteiger charge is 2.18. The SMILES string of the molecule is NC(=Nc1ccc2sccc2c1)C1CCCC1. The van der Waals surface area contributed by atoms with Gasteiger partial charge in [0.05, 0.1) is 5.69 Å². The third-order valence-electron chi connectivity index (χ3n) is 3.47. The number of aliphatic imine (C=N–C) groups is 1. The van der Waals surface area contributed by atoms with Gasteiger partial charge in [0.25, 0.3) is 0 Å². The second kappa shape index (κ2) is 4.49. The minimum absolute atomic E-state index is 0.508. The Morgan fingerprint density at radius 3 is 2.88 bits per heavy atom. The van der Waals surface area contributed by atoms with Crippen molar-refractivity contribution in [3.8, 4) is 0 Å². The van der Waals surface area contributed by atoms with Crippen molar-refractivity contribution in [1.29, 1.82) is 0 Å². The molecule has 2 aromatic rings. The fourth-order valence-electron chi connectivity index (χ4n) is 2.49. The molecule has 1 aliphatic carbocycles. The van der Waals surface area contributed by atoms with E-state index in [0.29, 0.717) is 5.92 Å². The fourth-order valence-corrected chi connectivity index (χ4v) is 3.26. The smallest absolute Gasteiger partial charge is 0.103 e. The summed E-state index contributed by atoms with van der Waals surface area (Å²) in [5.41, 5.74) is 7.07. The molecule has 1 aliphatic rings. The molecule has 17 heavy (non-hydrogen) atoms. The number of amidine groups is 1. The van der Waals surface area contributed by atoms with E-state index >= 15 is 0 Å². The van der Waals surface area contributed by atoms with Crippen LogP contribution in [0.5, 0.6) is 0 Å². The second-order valence-corrected chi connectivity index (χ2v) is 5.61. The maximum Gasteiger partial charge on any atom is 0.103 e. The molecule has 88 valence electrons. The number of nitrogens with zero attached hydrogens (tertiary/aromatic N) is 1. The van der Waals surface area contributed by atoms with E-state index < -0.39 is 0 Å². The van der Waals surface area contributed by atoms with Gasteiger partial charge in [-0.25, -0.2) is 4.99 Å². The average Bonchev–Trinajstić information content (AvgIpc) is 2.99. The predicted octanol–water partition coefficient (Wildman–Crippen LogP) is 4.08. The van der Waals surface area contributed by atoms with Gasteiger partial charge in [0.15, 0.2) is 0 Å². The fraction of sp³-hybridized carbons (Fsp3) is 0.357. The molecule has 0 bridgehead atoms. The summed E-state index contributed by atoms with van der Waals surface area (Å²) in [5.74, 6) is 1.32. The van der Waals surface area contributed by atoms with Crippen LogP contribution in [0, 0.1) is 5.92 Å². The number of nitrogens with two attached hydrogens (primary N) is 1. The predicted molar refractivity (Wildman–Crippen MR) is 75.1 cm³/mol. The van der Waals surface area contributed by atoms with Crippen LogP contribution in [0.1, 0.15) is 25.7 Å². The Hall–Kier alpha value is -1.35. The van der Waals surface area contributed by atoms with Crippen molar-refractivity contribution in [1.82, 2.24) is 0 Å². The molecule has 0 saturated heterocycles. The molecule has 0 spiro atoms. The number of hydrogen-bond acceptors (Lipinski definition) is 2. The van der Waals surface area contributed by atoms with E-state index in [1.165, 1.54) is 35.8 Å². The normalized spacial score (nSPS) is 18.0. The van der Waals surface area contributed by atoms with Crippen molar-refractivity contribution < 1.29 is 0 Å². The van der Waals surface area contributed by atoms with E-state index in [0.717, 1.165) is 11.5 Å². The molecule has 0 atom stereocenters. The van der Waals surface area contributed by atoms with Crippen molar-refractivity contribution in [2.45, 2.75) is 25.7 Å². The molecule has 0 unspecified atom stereocenters. The Bertz CT molecular complexity index is 550. The summed E-state index contributed by atoms with van der Waals surface area (Å²) in [4.78, 5) is 4.57. The van der Waals surface area contributed by atoms with E-state index in [1.807, 2.05) is 0 Å². The maximum absolute atomic E-state index is 6.08. The second-order valence-electron chi connectivity index (χ2n) is 4.66. The molecule has 0 aliphatic heterocycles. The summed E-state index contributed by atoms with van der Waals surface area (Å²) < 4.78 is 1.31. The number of hydrogen-bond donors (Lipinski definition) is 1. The van der Waals surface area contributed by atoms with Crippen LogP contribution in [-0.4, -0.2) is 5.84 Å². The van der Waals surface area contributed by atoms with Gasteiger partial charge < -0.3 is 5.73 Å². The monoisotopic (exact) mass is 244 g/mol. The zero-order valence-electron chi connectivity index (χ0n) is 9.73. The standard InChI is InChI=1S/C14H16N2S/c15-14(10-3-1-2-4-10)16-12-5-6-13-11(9-12)7-8-17-13/h5-10H,1-4H2,(H2,15,16). The van der Waals surface area contributed by atoms with E-state index in [4.69, 9.17) is 5.73 Å². The quantitative estimate of drug-likeness (QED) is 0.627. The van der Waals surface area contributed by atoms with Crippen molar-refractivity contribution in [3.05, 3.63) is 29.6 Å². The van der Waals surface area contributed by atoms with Gasteiger partial charge in [-0.05, 0) is 47.9 Å². The Morgan fingerprint density at radius 1 is 1.24 bits per heavy atom. The highest BCUT2D eigenvalue weighted by atomic mass is 32.1. The van der Waals surface area contributed by atoms with Crippen LogP contribution < -0.4 is 5.73 Å². The number of fused-ring (bicyclic) bond motifs is 1. The van der Waals surface area contributed by atoms with E-state index in [9.17, 15) is 0 Å². The molecular formula is C14H16N2S. The van der Waals surface area contributed by atoms with Crippen molar-refractivity contribution in [2.24, 2.45) is 16.6 Å². The highest BCUT2D eigenvalue weighted by molar-refractivity contribution is 7.17. The minimum atomic E-state index is 0.508. The molecule has 0 amide bonds. The molecule has 1 aromatic heterocycles. The van der Waals surface area contributed by atoms with Gasteiger partial charge in [0.1, 0.15) is 5.84 Å².